The fourth-order valence-electron chi connectivity index (χ4n) is 1.91. The normalized spacial score (nSPS) is 12.9. The highest BCUT2D eigenvalue weighted by Gasteiger charge is 2.23. The Balaban J connectivity index is 2.70. The highest BCUT2D eigenvalue weighted by molar-refractivity contribution is 7.89. The van der Waals surface area contributed by atoms with Gasteiger partial charge >= 0.3 is 0 Å². The van der Waals surface area contributed by atoms with Gasteiger partial charge in [-0.3, -0.25) is 4.79 Å². The zero-order chi connectivity index (χ0) is 16.8. The van der Waals surface area contributed by atoms with Crippen LogP contribution in [0.4, 0.5) is 0 Å². The molecule has 120 valence electrons. The van der Waals surface area contributed by atoms with Crippen molar-refractivity contribution in [2.75, 3.05) is 13.6 Å². The lowest BCUT2D eigenvalue weighted by Gasteiger charge is -2.19. The molecule has 1 aromatic carbocycles. The van der Waals surface area contributed by atoms with Crippen molar-refractivity contribution in [3.63, 3.8) is 0 Å². The Labute approximate surface area is 131 Å². The lowest BCUT2D eigenvalue weighted by atomic mass is 10.1. The highest BCUT2D eigenvalue weighted by atomic mass is 32.2. The Kier molecular flexibility index (Phi) is 6.53. The molecule has 1 aromatic rings. The predicted octanol–water partition coefficient (Wildman–Crippen LogP) is 1.36. The highest BCUT2D eigenvalue weighted by Crippen LogP contribution is 2.13. The van der Waals surface area contributed by atoms with Gasteiger partial charge < -0.3 is 5.32 Å². The second-order valence-electron chi connectivity index (χ2n) is 5.45. The predicted molar refractivity (Wildman–Crippen MR) is 83.3 cm³/mol. The molecule has 1 atom stereocenters. The van der Waals surface area contributed by atoms with E-state index in [-0.39, 0.29) is 17.4 Å². The van der Waals surface area contributed by atoms with Crippen LogP contribution in [-0.4, -0.2) is 38.3 Å². The number of nitrogens with zero attached hydrogens (tertiary/aromatic N) is 2. The van der Waals surface area contributed by atoms with E-state index in [2.05, 4.69) is 5.32 Å². The maximum Gasteiger partial charge on any atom is 0.243 e. The van der Waals surface area contributed by atoms with Gasteiger partial charge in [-0.25, -0.2) is 8.42 Å². The molecule has 0 bridgehead atoms. The molecule has 0 fully saturated rings. The van der Waals surface area contributed by atoms with Crippen molar-refractivity contribution in [2.24, 2.45) is 5.92 Å². The molecule has 1 N–H and O–H groups in total. The van der Waals surface area contributed by atoms with E-state index >= 15 is 0 Å². The Morgan fingerprint density at radius 1 is 1.32 bits per heavy atom. The summed E-state index contributed by atoms with van der Waals surface area (Å²) in [4.78, 5) is 12.0. The van der Waals surface area contributed by atoms with Crippen LogP contribution in [0.1, 0.15) is 20.3 Å². The number of amides is 1. The number of nitrogens with one attached hydrogen (secondary N) is 1. The number of benzene rings is 1. The zero-order valence-electron chi connectivity index (χ0n) is 13.0. The van der Waals surface area contributed by atoms with E-state index in [9.17, 15) is 13.2 Å². The molecule has 0 aliphatic heterocycles. The molecule has 0 aliphatic rings. The lowest BCUT2D eigenvalue weighted by Crippen LogP contribution is -2.42. The van der Waals surface area contributed by atoms with Crippen LogP contribution in [0.2, 0.25) is 0 Å². The van der Waals surface area contributed by atoms with E-state index in [0.29, 0.717) is 6.42 Å². The van der Waals surface area contributed by atoms with Crippen LogP contribution in [0.25, 0.3) is 0 Å². The van der Waals surface area contributed by atoms with E-state index in [1.807, 2.05) is 19.9 Å². The Morgan fingerprint density at radius 3 is 2.41 bits per heavy atom. The van der Waals surface area contributed by atoms with E-state index in [1.54, 1.807) is 18.2 Å². The van der Waals surface area contributed by atoms with Gasteiger partial charge in [-0.05, 0) is 24.5 Å². The Hall–Kier alpha value is -1.91. The molecule has 1 unspecified atom stereocenters. The molecule has 0 aliphatic carbocycles. The number of carbonyl (C=O) groups is 1. The molecular weight excluding hydrogens is 302 g/mol. The lowest BCUT2D eigenvalue weighted by molar-refractivity contribution is -0.121. The van der Waals surface area contributed by atoms with Gasteiger partial charge in [-0.2, -0.15) is 9.57 Å². The number of nitriles is 1. The molecule has 0 radical (unpaired) electrons. The average molecular weight is 323 g/mol. The smallest absolute Gasteiger partial charge is 0.243 e. The monoisotopic (exact) mass is 323 g/mol. The number of hydrogen-bond donors (Lipinski definition) is 1. The van der Waals surface area contributed by atoms with Crippen molar-refractivity contribution in [2.45, 2.75) is 31.2 Å². The summed E-state index contributed by atoms with van der Waals surface area (Å²) in [7, 11) is -2.37. The summed E-state index contributed by atoms with van der Waals surface area (Å²) in [5.41, 5.74) is 0. The van der Waals surface area contributed by atoms with Gasteiger partial charge in [0, 0.05) is 7.05 Å². The third-order valence-electron chi connectivity index (χ3n) is 3.02. The van der Waals surface area contributed by atoms with Crippen molar-refractivity contribution in [3.05, 3.63) is 30.3 Å². The third kappa shape index (κ3) is 5.13. The van der Waals surface area contributed by atoms with Gasteiger partial charge in [0.15, 0.2) is 0 Å². The fourth-order valence-corrected chi connectivity index (χ4v) is 3.06. The number of hydrogen-bond acceptors (Lipinski definition) is 4. The van der Waals surface area contributed by atoms with Gasteiger partial charge in [0.05, 0.1) is 17.5 Å². The number of carbonyl (C=O) groups excluding carboxylic acids is 1. The van der Waals surface area contributed by atoms with Crippen LogP contribution in [0.3, 0.4) is 0 Å². The molecule has 0 heterocycles. The van der Waals surface area contributed by atoms with Crippen molar-refractivity contribution >= 4 is 15.9 Å². The van der Waals surface area contributed by atoms with Crippen LogP contribution in [0.15, 0.2) is 35.2 Å². The van der Waals surface area contributed by atoms with Crippen LogP contribution in [0.5, 0.6) is 0 Å². The maximum absolute atomic E-state index is 12.3. The Morgan fingerprint density at radius 2 is 1.91 bits per heavy atom. The van der Waals surface area contributed by atoms with Gasteiger partial charge in [-0.1, -0.05) is 32.0 Å². The van der Waals surface area contributed by atoms with E-state index < -0.39 is 22.0 Å². The summed E-state index contributed by atoms with van der Waals surface area (Å²) in [6.45, 7) is 3.57. The minimum absolute atomic E-state index is 0.129. The van der Waals surface area contributed by atoms with Gasteiger partial charge in [-0.15, -0.1) is 0 Å². The molecule has 0 saturated heterocycles. The fraction of sp³-hybridized carbons (Fsp3) is 0.467. The van der Waals surface area contributed by atoms with E-state index in [0.717, 1.165) is 4.31 Å². The SMILES string of the molecule is CC(C)CC(C#N)NC(=O)CN(C)S(=O)(=O)c1ccccc1. The Bertz CT molecular complexity index is 636. The molecule has 0 saturated carbocycles. The summed E-state index contributed by atoms with van der Waals surface area (Å²) in [6.07, 6.45) is 0.525. The summed E-state index contributed by atoms with van der Waals surface area (Å²) >= 11 is 0. The van der Waals surface area contributed by atoms with E-state index in [1.165, 1.54) is 19.2 Å². The molecule has 1 amide bonds. The molecule has 22 heavy (non-hydrogen) atoms. The first kappa shape index (κ1) is 18.1. The van der Waals surface area contributed by atoms with Crippen LogP contribution < -0.4 is 5.32 Å². The van der Waals surface area contributed by atoms with Crippen molar-refractivity contribution in [1.29, 1.82) is 5.26 Å². The molecular formula is C15H21N3O3S. The molecule has 0 aromatic heterocycles. The molecule has 6 nitrogen and oxygen atoms in total. The molecule has 0 spiro atoms. The number of likely N-dealkylation sites (N-methyl/N-ethyl adjacent to an activating group) is 1. The first-order valence-corrected chi connectivity index (χ1v) is 8.41. The maximum atomic E-state index is 12.3. The first-order chi connectivity index (χ1) is 10.3. The number of rotatable bonds is 7. The second kappa shape index (κ2) is 7.92. The van der Waals surface area contributed by atoms with E-state index in [4.69, 9.17) is 5.26 Å². The van der Waals surface area contributed by atoms with Gasteiger partial charge in [0.1, 0.15) is 6.04 Å². The quantitative estimate of drug-likeness (QED) is 0.820. The van der Waals surface area contributed by atoms with Crippen molar-refractivity contribution in [1.82, 2.24) is 9.62 Å². The summed E-state index contributed by atoms with van der Waals surface area (Å²) in [6, 6.07) is 9.30. The van der Waals surface area contributed by atoms with Crippen LogP contribution in [-0.2, 0) is 14.8 Å². The number of sulfonamides is 1. The molecule has 7 heteroatoms. The summed E-state index contributed by atoms with van der Waals surface area (Å²) in [5, 5.41) is 11.5. The largest absolute Gasteiger partial charge is 0.339 e. The standard InChI is InChI=1S/C15H21N3O3S/c1-12(2)9-13(10-16)17-15(19)11-18(3)22(20,21)14-7-5-4-6-8-14/h4-8,12-13H,9,11H2,1-3H3,(H,17,19). The zero-order valence-corrected chi connectivity index (χ0v) is 13.8. The van der Waals surface area contributed by atoms with Gasteiger partial charge in [0.2, 0.25) is 15.9 Å². The summed E-state index contributed by atoms with van der Waals surface area (Å²) < 4.78 is 25.5. The van der Waals surface area contributed by atoms with Crippen LogP contribution in [0, 0.1) is 17.2 Å². The topological polar surface area (TPSA) is 90.3 Å². The summed E-state index contributed by atoms with van der Waals surface area (Å²) in [5.74, 6) is -0.232. The molecule has 1 rings (SSSR count). The average Bonchev–Trinajstić information content (AvgIpc) is 2.46. The second-order valence-corrected chi connectivity index (χ2v) is 7.50. The van der Waals surface area contributed by atoms with Crippen LogP contribution >= 0.6 is 0 Å². The van der Waals surface area contributed by atoms with Crippen molar-refractivity contribution in [3.8, 4) is 6.07 Å². The first-order valence-electron chi connectivity index (χ1n) is 6.97. The van der Waals surface area contributed by atoms with Gasteiger partial charge in [0.25, 0.3) is 0 Å². The minimum atomic E-state index is -3.71. The minimum Gasteiger partial charge on any atom is -0.339 e. The van der Waals surface area contributed by atoms with Crippen molar-refractivity contribution < 1.29 is 13.2 Å². The third-order valence-corrected chi connectivity index (χ3v) is 4.83.